The number of rotatable bonds is 7. The van der Waals surface area contributed by atoms with E-state index in [1.807, 2.05) is 19.0 Å². The van der Waals surface area contributed by atoms with E-state index in [1.165, 1.54) is 11.0 Å². The lowest BCUT2D eigenvalue weighted by Gasteiger charge is -2.08. The number of nitrogens with one attached hydrogen (secondary N) is 1. The number of nitrogens with zero attached hydrogens (tertiary/aromatic N) is 4. The van der Waals surface area contributed by atoms with Crippen LogP contribution in [0.15, 0.2) is 6.20 Å². The molecule has 0 spiro atoms. The zero-order valence-corrected chi connectivity index (χ0v) is 11.4. The zero-order valence-electron chi connectivity index (χ0n) is 11.4. The maximum Gasteiger partial charge on any atom is 0.329 e. The molecule has 8 nitrogen and oxygen atoms in total. The molecule has 0 saturated carbocycles. The van der Waals surface area contributed by atoms with Gasteiger partial charge in [0.25, 0.3) is 0 Å². The molecule has 0 unspecified atom stereocenters. The van der Waals surface area contributed by atoms with Gasteiger partial charge in [-0.15, -0.1) is 5.10 Å². The molecule has 1 N–H and O–H groups in total. The number of carbonyl (C=O) groups excluding carboxylic acids is 2. The Kier molecular flexibility index (Phi) is 5.94. The van der Waals surface area contributed by atoms with E-state index in [4.69, 9.17) is 4.74 Å². The van der Waals surface area contributed by atoms with Crippen molar-refractivity contribution in [2.24, 2.45) is 0 Å². The van der Waals surface area contributed by atoms with Crippen molar-refractivity contribution in [1.82, 2.24) is 19.9 Å². The first-order chi connectivity index (χ1) is 9.01. The summed E-state index contributed by atoms with van der Waals surface area (Å²) in [6.07, 6.45) is 1.77. The third kappa shape index (κ3) is 5.96. The second-order valence-electron chi connectivity index (χ2n) is 4.17. The molecule has 0 atom stereocenters. The number of carbonyl (C=O) groups is 2. The van der Waals surface area contributed by atoms with Crippen molar-refractivity contribution >= 4 is 17.7 Å². The third-order valence-corrected chi connectivity index (χ3v) is 2.17. The number of anilines is 1. The summed E-state index contributed by atoms with van der Waals surface area (Å²) < 4.78 is 4.77. The van der Waals surface area contributed by atoms with Gasteiger partial charge in [0.2, 0.25) is 5.91 Å². The number of hydrogen-bond donors (Lipinski definition) is 1. The highest BCUT2D eigenvalue weighted by molar-refractivity contribution is 5.89. The van der Waals surface area contributed by atoms with Crippen LogP contribution >= 0.6 is 0 Å². The number of aromatic nitrogens is 3. The minimum atomic E-state index is -0.413. The summed E-state index contributed by atoms with van der Waals surface area (Å²) >= 11 is 0. The molecule has 0 fully saturated rings. The van der Waals surface area contributed by atoms with Crippen molar-refractivity contribution in [3.05, 3.63) is 6.20 Å². The Bertz CT molecular complexity index is 430. The molecule has 0 aliphatic carbocycles. The molecule has 0 bridgehead atoms. The summed E-state index contributed by atoms with van der Waals surface area (Å²) in [4.78, 5) is 25.8. The lowest BCUT2D eigenvalue weighted by Crippen LogP contribution is -2.21. The van der Waals surface area contributed by atoms with Crippen LogP contribution < -0.4 is 5.32 Å². The van der Waals surface area contributed by atoms with Crippen LogP contribution in [0.25, 0.3) is 0 Å². The maximum absolute atomic E-state index is 11.5. The van der Waals surface area contributed by atoms with Gasteiger partial charge < -0.3 is 15.0 Å². The van der Waals surface area contributed by atoms with E-state index < -0.39 is 5.97 Å². The molecule has 1 aromatic rings. The Morgan fingerprint density at radius 2 is 2.21 bits per heavy atom. The number of ether oxygens (including phenoxy) is 1. The lowest BCUT2D eigenvalue weighted by molar-refractivity contribution is -0.144. The first-order valence-electron chi connectivity index (χ1n) is 6.01. The Morgan fingerprint density at radius 1 is 1.47 bits per heavy atom. The number of esters is 1. The standard InChI is InChI=1S/C11H19N5O3/c1-4-19-11(18)8-16-12-7-9(14-16)13-10(17)5-6-15(2)3/h7H,4-6,8H2,1-3H3,(H,13,14,17). The minimum Gasteiger partial charge on any atom is -0.465 e. The lowest BCUT2D eigenvalue weighted by atomic mass is 10.4. The molecule has 0 aromatic carbocycles. The normalized spacial score (nSPS) is 10.5. The summed E-state index contributed by atoms with van der Waals surface area (Å²) in [6, 6.07) is 0. The molecule has 19 heavy (non-hydrogen) atoms. The molecule has 8 heteroatoms. The molecule has 1 heterocycles. The van der Waals surface area contributed by atoms with E-state index in [9.17, 15) is 9.59 Å². The van der Waals surface area contributed by atoms with Crippen LogP contribution in [0.3, 0.4) is 0 Å². The first kappa shape index (κ1) is 15.1. The Hall–Kier alpha value is -1.96. The highest BCUT2D eigenvalue weighted by Crippen LogP contribution is 2.00. The highest BCUT2D eigenvalue weighted by atomic mass is 16.5. The van der Waals surface area contributed by atoms with Gasteiger partial charge in [0.05, 0.1) is 12.8 Å². The van der Waals surface area contributed by atoms with E-state index in [2.05, 4.69) is 15.5 Å². The molecule has 106 valence electrons. The van der Waals surface area contributed by atoms with Crippen molar-refractivity contribution in [2.45, 2.75) is 19.9 Å². The smallest absolute Gasteiger partial charge is 0.329 e. The summed E-state index contributed by atoms with van der Waals surface area (Å²) in [6.45, 7) is 2.63. The van der Waals surface area contributed by atoms with Gasteiger partial charge in [-0.2, -0.15) is 9.90 Å². The van der Waals surface area contributed by atoms with E-state index in [1.54, 1.807) is 6.92 Å². The summed E-state index contributed by atoms with van der Waals surface area (Å²) in [5, 5.41) is 10.4. The second-order valence-corrected chi connectivity index (χ2v) is 4.17. The number of amides is 1. The van der Waals surface area contributed by atoms with E-state index in [-0.39, 0.29) is 12.5 Å². The van der Waals surface area contributed by atoms with Gasteiger partial charge in [-0.1, -0.05) is 0 Å². The van der Waals surface area contributed by atoms with Crippen molar-refractivity contribution in [3.63, 3.8) is 0 Å². The van der Waals surface area contributed by atoms with E-state index >= 15 is 0 Å². The predicted octanol–water partition coefficient (Wildman–Crippen LogP) is -0.269. The van der Waals surface area contributed by atoms with Gasteiger partial charge in [0, 0.05) is 13.0 Å². The highest BCUT2D eigenvalue weighted by Gasteiger charge is 2.09. The molecule has 1 rings (SSSR count). The van der Waals surface area contributed by atoms with Crippen LogP contribution in [0.5, 0.6) is 0 Å². The van der Waals surface area contributed by atoms with Crippen LogP contribution in [0.4, 0.5) is 5.82 Å². The van der Waals surface area contributed by atoms with Crippen LogP contribution in [-0.2, 0) is 20.9 Å². The van der Waals surface area contributed by atoms with Crippen LogP contribution in [0.1, 0.15) is 13.3 Å². The fraction of sp³-hybridized carbons (Fsp3) is 0.636. The third-order valence-electron chi connectivity index (χ3n) is 2.17. The topological polar surface area (TPSA) is 89.3 Å². The monoisotopic (exact) mass is 269 g/mol. The zero-order chi connectivity index (χ0) is 14.3. The van der Waals surface area contributed by atoms with E-state index in [0.717, 1.165) is 0 Å². The molecule has 1 aromatic heterocycles. The molecule has 0 radical (unpaired) electrons. The molecule has 0 saturated heterocycles. The SMILES string of the molecule is CCOC(=O)Cn1ncc(NC(=O)CCN(C)C)n1. The van der Waals surface area contributed by atoms with Crippen molar-refractivity contribution in [2.75, 3.05) is 32.6 Å². The van der Waals surface area contributed by atoms with Crippen molar-refractivity contribution in [1.29, 1.82) is 0 Å². The Morgan fingerprint density at radius 3 is 2.84 bits per heavy atom. The summed E-state index contributed by atoms with van der Waals surface area (Å²) in [5.74, 6) is -0.228. The maximum atomic E-state index is 11.5. The van der Waals surface area contributed by atoms with Gasteiger partial charge in [0.15, 0.2) is 12.4 Å². The van der Waals surface area contributed by atoms with Gasteiger partial charge in [-0.25, -0.2) is 4.79 Å². The summed E-state index contributed by atoms with van der Waals surface area (Å²) in [5.41, 5.74) is 0. The van der Waals surface area contributed by atoms with Gasteiger partial charge in [-0.3, -0.25) is 4.79 Å². The van der Waals surface area contributed by atoms with Crippen molar-refractivity contribution in [3.8, 4) is 0 Å². The van der Waals surface area contributed by atoms with Gasteiger partial charge in [0.1, 0.15) is 0 Å². The summed E-state index contributed by atoms with van der Waals surface area (Å²) in [7, 11) is 3.78. The fourth-order valence-electron chi connectivity index (χ4n) is 1.28. The van der Waals surface area contributed by atoms with Crippen LogP contribution in [0.2, 0.25) is 0 Å². The average molecular weight is 269 g/mol. The quantitative estimate of drug-likeness (QED) is 0.685. The molecule has 1 amide bonds. The molecule has 0 aliphatic heterocycles. The minimum absolute atomic E-state index is 0.0680. The second kappa shape index (κ2) is 7.47. The largest absolute Gasteiger partial charge is 0.465 e. The van der Waals surface area contributed by atoms with Gasteiger partial charge >= 0.3 is 5.97 Å². The molecular weight excluding hydrogens is 250 g/mol. The fourth-order valence-corrected chi connectivity index (χ4v) is 1.28. The van der Waals surface area contributed by atoms with Crippen LogP contribution in [0, 0.1) is 0 Å². The van der Waals surface area contributed by atoms with E-state index in [0.29, 0.717) is 25.4 Å². The Labute approximate surface area is 111 Å². The van der Waals surface area contributed by atoms with Crippen molar-refractivity contribution < 1.29 is 14.3 Å². The van der Waals surface area contributed by atoms with Gasteiger partial charge in [-0.05, 0) is 21.0 Å². The molecule has 0 aliphatic rings. The molecular formula is C11H19N5O3. The predicted molar refractivity (Wildman–Crippen MR) is 68.5 cm³/mol. The first-order valence-corrected chi connectivity index (χ1v) is 6.01. The van der Waals surface area contributed by atoms with Crippen LogP contribution in [-0.4, -0.2) is 59.0 Å². The average Bonchev–Trinajstić information content (AvgIpc) is 2.74. The number of hydrogen-bond acceptors (Lipinski definition) is 6. The Balaban J connectivity index is 2.42.